The number of carbonyl (C=O) groups is 1. The fraction of sp³-hybridized carbons (Fsp3) is 0.0833. The summed E-state index contributed by atoms with van der Waals surface area (Å²) in [7, 11) is 1.92. The molecule has 3 aromatic heterocycles. The molecular weight excluding hydrogens is 381 g/mol. The molecule has 5 nitrogen and oxygen atoms in total. The average molecular weight is 399 g/mol. The van der Waals surface area contributed by atoms with Crippen molar-refractivity contribution < 1.29 is 13.6 Å². The summed E-state index contributed by atoms with van der Waals surface area (Å²) < 4.78 is 23.4. The van der Waals surface area contributed by atoms with Gasteiger partial charge in [0.2, 0.25) is 0 Å². The SMILES string of the molecule is Cc1nn2c3ccccc3n(C)c2c1C(=O)C=Cc1ccc(-c2ccccc2F)o1. The minimum absolute atomic E-state index is 0.169. The third kappa shape index (κ3) is 2.76. The standard InChI is InChI=1S/C24H18FN3O2/c1-15-23(24-27(2)19-9-5-6-10-20(19)28(24)26-15)21(29)13-11-16-12-14-22(30-16)17-7-3-4-8-18(17)25/h3-14H,1-2H3. The Morgan fingerprint density at radius 3 is 2.57 bits per heavy atom. The first kappa shape index (κ1) is 18.1. The van der Waals surface area contributed by atoms with Crippen LogP contribution in [0.25, 0.3) is 34.1 Å². The van der Waals surface area contributed by atoms with E-state index in [9.17, 15) is 9.18 Å². The number of hydrogen-bond donors (Lipinski definition) is 0. The minimum atomic E-state index is -0.355. The Morgan fingerprint density at radius 2 is 1.77 bits per heavy atom. The van der Waals surface area contributed by atoms with Crippen LogP contribution in [-0.2, 0) is 7.05 Å². The fourth-order valence-electron chi connectivity index (χ4n) is 3.81. The average Bonchev–Trinajstić information content (AvgIpc) is 3.42. The van der Waals surface area contributed by atoms with Crippen LogP contribution in [0.5, 0.6) is 0 Å². The topological polar surface area (TPSA) is 52.4 Å². The second-order valence-corrected chi connectivity index (χ2v) is 7.12. The first-order valence-electron chi connectivity index (χ1n) is 9.54. The Balaban J connectivity index is 1.50. The van der Waals surface area contributed by atoms with Gasteiger partial charge in [-0.2, -0.15) is 5.10 Å². The number of carbonyl (C=O) groups excluding carboxylic acids is 1. The molecule has 0 atom stereocenters. The van der Waals surface area contributed by atoms with Crippen molar-refractivity contribution >= 4 is 28.5 Å². The number of hydrogen-bond acceptors (Lipinski definition) is 3. The summed E-state index contributed by atoms with van der Waals surface area (Å²) in [6, 6.07) is 17.7. The molecule has 0 aliphatic carbocycles. The lowest BCUT2D eigenvalue weighted by Crippen LogP contribution is -1.99. The second-order valence-electron chi connectivity index (χ2n) is 7.12. The summed E-state index contributed by atoms with van der Waals surface area (Å²) >= 11 is 0. The lowest BCUT2D eigenvalue weighted by atomic mass is 10.1. The van der Waals surface area contributed by atoms with Crippen LogP contribution in [0.15, 0.2) is 71.2 Å². The van der Waals surface area contributed by atoms with Crippen molar-refractivity contribution in [3.8, 4) is 11.3 Å². The lowest BCUT2D eigenvalue weighted by Gasteiger charge is -1.99. The van der Waals surface area contributed by atoms with E-state index < -0.39 is 0 Å². The summed E-state index contributed by atoms with van der Waals surface area (Å²) in [5, 5.41) is 4.57. The van der Waals surface area contributed by atoms with Gasteiger partial charge in [0.15, 0.2) is 5.78 Å². The number of halogens is 1. The molecule has 0 spiro atoms. The van der Waals surface area contributed by atoms with Crippen LogP contribution in [-0.4, -0.2) is 20.0 Å². The number of rotatable bonds is 4. The van der Waals surface area contributed by atoms with Gasteiger partial charge in [-0.3, -0.25) is 4.79 Å². The maximum absolute atomic E-state index is 14.0. The number of para-hydroxylation sites is 2. The molecule has 5 rings (SSSR count). The van der Waals surface area contributed by atoms with Gasteiger partial charge in [0.25, 0.3) is 0 Å². The Hall–Kier alpha value is -3.93. The van der Waals surface area contributed by atoms with E-state index in [1.807, 2.05) is 42.8 Å². The maximum atomic E-state index is 14.0. The number of aromatic nitrogens is 3. The third-order valence-corrected chi connectivity index (χ3v) is 5.24. The van der Waals surface area contributed by atoms with Crippen molar-refractivity contribution in [3.63, 3.8) is 0 Å². The molecule has 0 saturated heterocycles. The van der Waals surface area contributed by atoms with Crippen molar-refractivity contribution in [1.29, 1.82) is 0 Å². The van der Waals surface area contributed by atoms with Gasteiger partial charge in [-0.15, -0.1) is 0 Å². The largest absolute Gasteiger partial charge is 0.457 e. The molecule has 6 heteroatoms. The highest BCUT2D eigenvalue weighted by Crippen LogP contribution is 2.27. The highest BCUT2D eigenvalue weighted by atomic mass is 19.1. The first-order valence-corrected chi connectivity index (χ1v) is 9.54. The molecule has 148 valence electrons. The van der Waals surface area contributed by atoms with Gasteiger partial charge in [-0.1, -0.05) is 24.3 Å². The Morgan fingerprint density at radius 1 is 1.03 bits per heavy atom. The van der Waals surface area contributed by atoms with Gasteiger partial charge >= 0.3 is 0 Å². The van der Waals surface area contributed by atoms with Crippen molar-refractivity contribution in [2.45, 2.75) is 6.92 Å². The molecule has 5 aromatic rings. The predicted octanol–water partition coefficient (Wildman–Crippen LogP) is 5.43. The fourth-order valence-corrected chi connectivity index (χ4v) is 3.81. The molecular formula is C24H18FN3O2. The number of benzene rings is 2. The maximum Gasteiger partial charge on any atom is 0.191 e. The molecule has 0 bridgehead atoms. The molecule has 2 aromatic carbocycles. The van der Waals surface area contributed by atoms with Gasteiger partial charge in [0.1, 0.15) is 23.0 Å². The normalized spacial score (nSPS) is 11.8. The second kappa shape index (κ2) is 6.84. The number of allylic oxidation sites excluding steroid dienone is 1. The van der Waals surface area contributed by atoms with E-state index in [-0.39, 0.29) is 11.6 Å². The smallest absolute Gasteiger partial charge is 0.191 e. The summed E-state index contributed by atoms with van der Waals surface area (Å²) in [4.78, 5) is 13.0. The van der Waals surface area contributed by atoms with Crippen molar-refractivity contribution in [1.82, 2.24) is 14.2 Å². The Kier molecular flexibility index (Phi) is 4.13. The number of ketones is 1. The molecule has 0 amide bonds. The summed E-state index contributed by atoms with van der Waals surface area (Å²) in [6.45, 7) is 1.83. The van der Waals surface area contributed by atoms with Crippen molar-refractivity contribution in [2.24, 2.45) is 7.05 Å². The van der Waals surface area contributed by atoms with Gasteiger partial charge in [-0.05, 0) is 55.5 Å². The van der Waals surface area contributed by atoms with Crippen LogP contribution < -0.4 is 0 Å². The van der Waals surface area contributed by atoms with Gasteiger partial charge in [0, 0.05) is 7.05 Å². The zero-order chi connectivity index (χ0) is 20.8. The van der Waals surface area contributed by atoms with Crippen LogP contribution in [0.4, 0.5) is 4.39 Å². The third-order valence-electron chi connectivity index (χ3n) is 5.24. The summed E-state index contributed by atoms with van der Waals surface area (Å²) in [5.41, 5.74) is 4.28. The van der Waals surface area contributed by atoms with Gasteiger partial charge < -0.3 is 8.98 Å². The Labute approximate surface area is 171 Å². The van der Waals surface area contributed by atoms with E-state index in [1.165, 1.54) is 12.1 Å². The Bertz CT molecular complexity index is 1450. The molecule has 0 N–H and O–H groups in total. The lowest BCUT2D eigenvalue weighted by molar-refractivity contribution is 0.104. The number of fused-ring (bicyclic) bond motifs is 3. The van der Waals surface area contributed by atoms with Crippen molar-refractivity contribution in [3.05, 3.63) is 89.6 Å². The van der Waals surface area contributed by atoms with E-state index in [2.05, 4.69) is 5.10 Å². The van der Waals surface area contributed by atoms with E-state index in [0.717, 1.165) is 16.7 Å². The van der Waals surface area contributed by atoms with E-state index in [1.54, 1.807) is 40.9 Å². The van der Waals surface area contributed by atoms with Crippen LogP contribution >= 0.6 is 0 Å². The number of aryl methyl sites for hydroxylation is 2. The molecule has 30 heavy (non-hydrogen) atoms. The molecule has 0 saturated carbocycles. The van der Waals surface area contributed by atoms with E-state index in [4.69, 9.17) is 4.42 Å². The molecule has 0 aliphatic rings. The summed E-state index contributed by atoms with van der Waals surface area (Å²) in [5.74, 6) is 0.363. The monoisotopic (exact) mass is 399 g/mol. The minimum Gasteiger partial charge on any atom is -0.457 e. The summed E-state index contributed by atoms with van der Waals surface area (Å²) in [6.07, 6.45) is 3.06. The van der Waals surface area contributed by atoms with Crippen LogP contribution in [0.1, 0.15) is 21.8 Å². The number of nitrogens with zero attached hydrogens (tertiary/aromatic N) is 3. The predicted molar refractivity (Wildman–Crippen MR) is 114 cm³/mol. The molecule has 0 unspecified atom stereocenters. The zero-order valence-corrected chi connectivity index (χ0v) is 16.5. The quantitative estimate of drug-likeness (QED) is 0.299. The van der Waals surface area contributed by atoms with Crippen LogP contribution in [0.3, 0.4) is 0 Å². The van der Waals surface area contributed by atoms with Gasteiger partial charge in [0.05, 0.1) is 27.9 Å². The van der Waals surface area contributed by atoms with Crippen molar-refractivity contribution in [2.75, 3.05) is 0 Å². The van der Waals surface area contributed by atoms with E-state index in [0.29, 0.717) is 28.3 Å². The van der Waals surface area contributed by atoms with Crippen LogP contribution in [0.2, 0.25) is 0 Å². The van der Waals surface area contributed by atoms with Gasteiger partial charge in [-0.25, -0.2) is 8.91 Å². The highest BCUT2D eigenvalue weighted by Gasteiger charge is 2.21. The molecule has 0 radical (unpaired) electrons. The first-order chi connectivity index (χ1) is 14.5. The molecule has 0 aliphatic heterocycles. The molecule has 3 heterocycles. The highest BCUT2D eigenvalue weighted by molar-refractivity contribution is 6.12. The molecule has 0 fully saturated rings. The number of furan rings is 1. The number of imidazole rings is 1. The van der Waals surface area contributed by atoms with E-state index >= 15 is 0 Å². The van der Waals surface area contributed by atoms with Crippen LogP contribution in [0, 0.1) is 12.7 Å². The zero-order valence-electron chi connectivity index (χ0n) is 16.5.